The van der Waals surface area contributed by atoms with Crippen molar-refractivity contribution in [3.63, 3.8) is 0 Å². The number of carbonyl (C=O) groups excluding carboxylic acids is 2. The maximum atomic E-state index is 12.6. The highest BCUT2D eigenvalue weighted by molar-refractivity contribution is 6.30. The van der Waals surface area contributed by atoms with Gasteiger partial charge < -0.3 is 10.2 Å². The number of amides is 1. The van der Waals surface area contributed by atoms with Gasteiger partial charge in [-0.15, -0.1) is 0 Å². The lowest BCUT2D eigenvalue weighted by atomic mass is 9.88. The first-order valence-electron chi connectivity index (χ1n) is 9.01. The Morgan fingerprint density at radius 3 is 2.27 bits per heavy atom. The predicted octanol–water partition coefficient (Wildman–Crippen LogP) is 2.76. The number of hydrogen-bond acceptors (Lipinski definition) is 2. The highest BCUT2D eigenvalue weighted by atomic mass is 35.5. The quantitative estimate of drug-likeness (QED) is 0.794. The van der Waals surface area contributed by atoms with Crippen LogP contribution in [0.5, 0.6) is 0 Å². The third-order valence-corrected chi connectivity index (χ3v) is 5.19. The van der Waals surface area contributed by atoms with Crippen molar-refractivity contribution in [2.45, 2.75) is 19.8 Å². The maximum absolute atomic E-state index is 12.6. The summed E-state index contributed by atoms with van der Waals surface area (Å²) in [4.78, 5) is 26.0. The Morgan fingerprint density at radius 2 is 1.65 bits per heavy atom. The number of anilines is 1. The molecule has 1 aliphatic rings. The fourth-order valence-corrected chi connectivity index (χ4v) is 3.51. The number of benzene rings is 2. The molecule has 1 fully saturated rings. The first-order valence-corrected chi connectivity index (χ1v) is 9.39. The number of Topliss-reactive ketones (excluding diaryl/α,β-unsaturated/α-hetero) is 1. The zero-order valence-electron chi connectivity index (χ0n) is 14.9. The van der Waals surface area contributed by atoms with Crippen LogP contribution in [0.25, 0.3) is 0 Å². The number of hydrogen-bond donors (Lipinski definition) is 2. The Bertz CT molecular complexity index is 764. The Kier molecular flexibility index (Phi) is 6.07. The van der Waals surface area contributed by atoms with Gasteiger partial charge in [-0.25, -0.2) is 0 Å². The summed E-state index contributed by atoms with van der Waals surface area (Å²) in [5, 5.41) is 3.54. The lowest BCUT2D eigenvalue weighted by Gasteiger charge is -2.28. The maximum Gasteiger partial charge on any atom is 0.279 e. The summed E-state index contributed by atoms with van der Waals surface area (Å²) in [6, 6.07) is 14.9. The molecule has 2 N–H and O–H groups in total. The summed E-state index contributed by atoms with van der Waals surface area (Å²) in [6.07, 6.45) is 1.66. The summed E-state index contributed by atoms with van der Waals surface area (Å²) in [5.41, 5.74) is 2.71. The van der Waals surface area contributed by atoms with E-state index in [0.29, 0.717) is 11.6 Å². The molecule has 26 heavy (non-hydrogen) atoms. The average molecular weight is 372 g/mol. The number of piperidine rings is 1. The van der Waals surface area contributed by atoms with Crippen molar-refractivity contribution in [2.24, 2.45) is 5.92 Å². The third-order valence-electron chi connectivity index (χ3n) is 4.94. The SMILES string of the molecule is Cc1ccc(C(=O)C2CC[NH+](CC(=O)Nc3ccc(Cl)cc3)CC2)cc1. The summed E-state index contributed by atoms with van der Waals surface area (Å²) >= 11 is 5.85. The van der Waals surface area contributed by atoms with Crippen molar-refractivity contribution in [1.82, 2.24) is 0 Å². The van der Waals surface area contributed by atoms with Gasteiger partial charge in [0.15, 0.2) is 12.3 Å². The van der Waals surface area contributed by atoms with Crippen LogP contribution in [0.4, 0.5) is 5.69 Å². The van der Waals surface area contributed by atoms with Crippen molar-refractivity contribution >= 4 is 29.0 Å². The van der Waals surface area contributed by atoms with E-state index in [-0.39, 0.29) is 17.6 Å². The number of quaternary nitrogens is 1. The molecule has 0 spiro atoms. The standard InChI is InChI=1S/C21H23ClN2O2/c1-15-2-4-16(5-3-15)21(26)17-10-12-24(13-11-17)14-20(25)23-19-8-6-18(22)7-9-19/h2-9,17H,10-14H2,1H3,(H,23,25)/p+1. The molecule has 0 saturated carbocycles. The van der Waals surface area contributed by atoms with Crippen LogP contribution < -0.4 is 10.2 Å². The summed E-state index contributed by atoms with van der Waals surface area (Å²) in [5.74, 6) is 0.293. The van der Waals surface area contributed by atoms with E-state index in [9.17, 15) is 9.59 Å². The van der Waals surface area contributed by atoms with E-state index in [2.05, 4.69) is 5.32 Å². The van der Waals surface area contributed by atoms with Gasteiger partial charge in [-0.05, 0) is 31.2 Å². The number of halogens is 1. The van der Waals surface area contributed by atoms with Gasteiger partial charge in [0.25, 0.3) is 5.91 Å². The molecule has 2 aromatic rings. The molecular weight excluding hydrogens is 348 g/mol. The molecule has 3 rings (SSSR count). The number of nitrogens with one attached hydrogen (secondary N) is 2. The molecule has 0 atom stereocenters. The van der Waals surface area contributed by atoms with Gasteiger partial charge >= 0.3 is 0 Å². The first-order chi connectivity index (χ1) is 12.5. The Balaban J connectivity index is 1.47. The van der Waals surface area contributed by atoms with Gasteiger partial charge in [0.05, 0.1) is 13.1 Å². The van der Waals surface area contributed by atoms with Crippen molar-refractivity contribution < 1.29 is 14.5 Å². The molecule has 4 nitrogen and oxygen atoms in total. The van der Waals surface area contributed by atoms with E-state index >= 15 is 0 Å². The average Bonchev–Trinajstić information content (AvgIpc) is 2.64. The molecule has 0 aromatic heterocycles. The van der Waals surface area contributed by atoms with Crippen LogP contribution in [-0.4, -0.2) is 31.3 Å². The highest BCUT2D eigenvalue weighted by Crippen LogP contribution is 2.17. The number of ketones is 1. The van der Waals surface area contributed by atoms with E-state index in [0.717, 1.165) is 42.7 Å². The third kappa shape index (κ3) is 4.93. The van der Waals surface area contributed by atoms with Crippen molar-refractivity contribution in [3.05, 3.63) is 64.7 Å². The summed E-state index contributed by atoms with van der Waals surface area (Å²) in [7, 11) is 0. The zero-order valence-corrected chi connectivity index (χ0v) is 15.7. The monoisotopic (exact) mass is 371 g/mol. The van der Waals surface area contributed by atoms with Crippen LogP contribution >= 0.6 is 11.6 Å². The van der Waals surface area contributed by atoms with Crippen molar-refractivity contribution in [1.29, 1.82) is 0 Å². The first kappa shape index (κ1) is 18.6. The van der Waals surface area contributed by atoms with Gasteiger partial charge in [-0.3, -0.25) is 9.59 Å². The van der Waals surface area contributed by atoms with Crippen molar-refractivity contribution in [2.75, 3.05) is 25.0 Å². The Hall–Kier alpha value is -2.17. The second kappa shape index (κ2) is 8.47. The Morgan fingerprint density at radius 1 is 1.04 bits per heavy atom. The van der Waals surface area contributed by atoms with Gasteiger partial charge in [-0.2, -0.15) is 0 Å². The van der Waals surface area contributed by atoms with E-state index in [1.54, 1.807) is 24.3 Å². The topological polar surface area (TPSA) is 50.6 Å². The van der Waals surface area contributed by atoms with Crippen LogP contribution in [0.2, 0.25) is 5.02 Å². The molecule has 0 unspecified atom stereocenters. The van der Waals surface area contributed by atoms with Crippen LogP contribution in [0.15, 0.2) is 48.5 Å². The molecule has 0 bridgehead atoms. The van der Waals surface area contributed by atoms with Crippen LogP contribution in [0.1, 0.15) is 28.8 Å². The lowest BCUT2D eigenvalue weighted by Crippen LogP contribution is -3.14. The fraction of sp³-hybridized carbons (Fsp3) is 0.333. The van der Waals surface area contributed by atoms with E-state index in [1.165, 1.54) is 4.90 Å². The Labute approximate surface area is 159 Å². The summed E-state index contributed by atoms with van der Waals surface area (Å²) in [6.45, 7) is 4.13. The number of rotatable bonds is 5. The number of likely N-dealkylation sites (tertiary alicyclic amines) is 1. The minimum absolute atomic E-state index is 0.00867. The second-order valence-electron chi connectivity index (χ2n) is 6.99. The van der Waals surface area contributed by atoms with Crippen molar-refractivity contribution in [3.8, 4) is 0 Å². The molecule has 1 amide bonds. The minimum atomic E-state index is -0.00867. The predicted molar refractivity (Wildman–Crippen MR) is 104 cm³/mol. The van der Waals surface area contributed by atoms with E-state index in [4.69, 9.17) is 11.6 Å². The largest absolute Gasteiger partial charge is 0.327 e. The van der Waals surface area contributed by atoms with Gasteiger partial charge in [0, 0.05) is 35.0 Å². The fourth-order valence-electron chi connectivity index (χ4n) is 3.38. The summed E-state index contributed by atoms with van der Waals surface area (Å²) < 4.78 is 0. The molecule has 136 valence electrons. The zero-order chi connectivity index (χ0) is 18.5. The number of carbonyl (C=O) groups is 2. The van der Waals surface area contributed by atoms with Gasteiger partial charge in [-0.1, -0.05) is 41.4 Å². The van der Waals surface area contributed by atoms with Crippen LogP contribution in [0, 0.1) is 12.8 Å². The molecule has 1 aliphatic heterocycles. The van der Waals surface area contributed by atoms with Crippen LogP contribution in [0.3, 0.4) is 0 Å². The van der Waals surface area contributed by atoms with E-state index < -0.39 is 0 Å². The molecule has 1 saturated heterocycles. The molecule has 5 heteroatoms. The molecule has 1 heterocycles. The van der Waals surface area contributed by atoms with E-state index in [1.807, 2.05) is 31.2 Å². The molecular formula is C21H24ClN2O2+. The smallest absolute Gasteiger partial charge is 0.279 e. The van der Waals surface area contributed by atoms with Crippen LogP contribution in [-0.2, 0) is 4.79 Å². The van der Waals surface area contributed by atoms with Gasteiger partial charge in [0.1, 0.15) is 0 Å². The minimum Gasteiger partial charge on any atom is -0.327 e. The molecule has 0 aliphatic carbocycles. The molecule has 2 aromatic carbocycles. The number of aryl methyl sites for hydroxylation is 1. The highest BCUT2D eigenvalue weighted by Gasteiger charge is 2.29. The normalized spacial score (nSPS) is 19.8. The second-order valence-corrected chi connectivity index (χ2v) is 7.42. The molecule has 0 radical (unpaired) electrons. The lowest BCUT2D eigenvalue weighted by molar-refractivity contribution is -0.897. The van der Waals surface area contributed by atoms with Gasteiger partial charge in [0.2, 0.25) is 0 Å².